The zero-order chi connectivity index (χ0) is 15.4. The topological polar surface area (TPSA) is 66.6 Å². The summed E-state index contributed by atoms with van der Waals surface area (Å²) in [5.74, 6) is 1.70. The second-order valence-electron chi connectivity index (χ2n) is 4.85. The quantitative estimate of drug-likeness (QED) is 0.572. The van der Waals surface area contributed by atoms with E-state index >= 15 is 0 Å². The summed E-state index contributed by atoms with van der Waals surface area (Å²) in [4.78, 5) is 12.8. The average molecular weight is 294 g/mol. The lowest BCUT2D eigenvalue weighted by molar-refractivity contribution is 1.08. The van der Waals surface area contributed by atoms with Crippen LogP contribution >= 0.6 is 0 Å². The van der Waals surface area contributed by atoms with Gasteiger partial charge >= 0.3 is 0 Å². The Bertz CT molecular complexity index is 788. The fourth-order valence-corrected chi connectivity index (χ4v) is 2.26. The Morgan fingerprint density at radius 3 is 2.55 bits per heavy atom. The molecule has 3 rings (SSSR count). The van der Waals surface area contributed by atoms with Crippen LogP contribution in [-0.4, -0.2) is 34.3 Å². The number of hydrogen-bond acceptors (Lipinski definition) is 4. The second kappa shape index (κ2) is 6.26. The largest absolute Gasteiger partial charge is 0.377 e. The van der Waals surface area contributed by atoms with Gasteiger partial charge in [0.15, 0.2) is 11.5 Å². The normalized spacial score (nSPS) is 11.6. The Labute approximate surface area is 129 Å². The van der Waals surface area contributed by atoms with E-state index < -0.39 is 0 Å². The van der Waals surface area contributed by atoms with Gasteiger partial charge in [-0.15, -0.1) is 0 Å². The lowest BCUT2D eigenvalue weighted by Gasteiger charge is -2.08. The Morgan fingerprint density at radius 2 is 1.86 bits per heavy atom. The van der Waals surface area contributed by atoms with E-state index in [4.69, 9.17) is 0 Å². The van der Waals surface area contributed by atoms with Crippen molar-refractivity contribution < 1.29 is 0 Å². The van der Waals surface area contributed by atoms with Gasteiger partial charge in [-0.1, -0.05) is 12.1 Å². The average Bonchev–Trinajstić information content (AvgIpc) is 3.04. The Hall–Kier alpha value is -2.89. The second-order valence-corrected chi connectivity index (χ2v) is 4.85. The summed E-state index contributed by atoms with van der Waals surface area (Å²) < 4.78 is 1.93. The SMILES string of the molecule is CN=C(Cc1ccc(Nc2nccn3ccnc23)cc1)NC. The fraction of sp³-hybridized carbons (Fsp3) is 0.188. The highest BCUT2D eigenvalue weighted by molar-refractivity contribution is 5.84. The number of nitrogens with one attached hydrogen (secondary N) is 2. The molecule has 2 N–H and O–H groups in total. The van der Waals surface area contributed by atoms with Crippen molar-refractivity contribution in [1.29, 1.82) is 0 Å². The third-order valence-corrected chi connectivity index (χ3v) is 3.46. The molecular weight excluding hydrogens is 276 g/mol. The van der Waals surface area contributed by atoms with E-state index in [9.17, 15) is 0 Å². The molecule has 0 unspecified atom stereocenters. The summed E-state index contributed by atoms with van der Waals surface area (Å²) in [7, 11) is 3.67. The van der Waals surface area contributed by atoms with E-state index in [1.54, 1.807) is 19.4 Å². The van der Waals surface area contributed by atoms with Crippen LogP contribution in [0.15, 0.2) is 54.0 Å². The summed E-state index contributed by atoms with van der Waals surface area (Å²) in [6.07, 6.45) is 8.08. The maximum Gasteiger partial charge on any atom is 0.180 e. The molecule has 1 aromatic carbocycles. The number of benzene rings is 1. The maximum atomic E-state index is 4.35. The molecule has 0 atom stereocenters. The Morgan fingerprint density at radius 1 is 1.14 bits per heavy atom. The van der Waals surface area contributed by atoms with Crippen LogP contribution in [-0.2, 0) is 6.42 Å². The molecule has 0 spiro atoms. The number of imidazole rings is 1. The lowest BCUT2D eigenvalue weighted by atomic mass is 10.1. The minimum absolute atomic E-state index is 0.742. The fourth-order valence-electron chi connectivity index (χ4n) is 2.26. The van der Waals surface area contributed by atoms with Gasteiger partial charge in [0.2, 0.25) is 0 Å². The van der Waals surface area contributed by atoms with Gasteiger partial charge in [-0.05, 0) is 17.7 Å². The first kappa shape index (κ1) is 14.1. The van der Waals surface area contributed by atoms with Crippen molar-refractivity contribution in [1.82, 2.24) is 19.7 Å². The zero-order valence-electron chi connectivity index (χ0n) is 12.6. The smallest absolute Gasteiger partial charge is 0.180 e. The number of fused-ring (bicyclic) bond motifs is 1. The molecule has 0 aliphatic rings. The van der Waals surface area contributed by atoms with Crippen LogP contribution in [0.25, 0.3) is 5.65 Å². The molecule has 0 aliphatic carbocycles. The summed E-state index contributed by atoms with van der Waals surface area (Å²) in [5, 5.41) is 6.39. The molecule has 0 fully saturated rings. The first-order valence-electron chi connectivity index (χ1n) is 7.07. The number of rotatable bonds is 4. The number of amidine groups is 1. The minimum atomic E-state index is 0.742. The number of anilines is 2. The molecule has 2 aromatic heterocycles. The first-order valence-corrected chi connectivity index (χ1v) is 7.07. The maximum absolute atomic E-state index is 4.35. The van der Waals surface area contributed by atoms with Gasteiger partial charge < -0.3 is 15.0 Å². The monoisotopic (exact) mass is 294 g/mol. The van der Waals surface area contributed by atoms with E-state index in [0.29, 0.717) is 0 Å². The molecule has 6 heteroatoms. The molecule has 0 bridgehead atoms. The molecule has 3 aromatic rings. The predicted octanol–water partition coefficient (Wildman–Crippen LogP) is 2.26. The van der Waals surface area contributed by atoms with Crippen LogP contribution < -0.4 is 10.6 Å². The van der Waals surface area contributed by atoms with E-state index in [1.165, 1.54) is 5.56 Å². The molecule has 0 saturated carbocycles. The van der Waals surface area contributed by atoms with Crippen LogP contribution in [0, 0.1) is 0 Å². The van der Waals surface area contributed by atoms with Gasteiger partial charge in [-0.3, -0.25) is 4.99 Å². The summed E-state index contributed by atoms with van der Waals surface area (Å²) in [5.41, 5.74) is 2.99. The number of aliphatic imine (C=N–C) groups is 1. The zero-order valence-corrected chi connectivity index (χ0v) is 12.6. The van der Waals surface area contributed by atoms with Crippen LogP contribution in [0.4, 0.5) is 11.5 Å². The molecule has 22 heavy (non-hydrogen) atoms. The van der Waals surface area contributed by atoms with Crippen molar-refractivity contribution in [2.45, 2.75) is 6.42 Å². The third-order valence-electron chi connectivity index (χ3n) is 3.46. The summed E-state index contributed by atoms with van der Waals surface area (Å²) in [6.45, 7) is 0. The van der Waals surface area contributed by atoms with E-state index in [2.05, 4.69) is 37.7 Å². The standard InChI is InChI=1S/C16H18N6/c1-17-14(18-2)11-12-3-5-13(6-4-12)21-15-16-20-8-10-22(16)9-7-19-15/h3-10H,11H2,1-2H3,(H,17,18)(H,19,21). The van der Waals surface area contributed by atoms with Crippen molar-refractivity contribution in [2.24, 2.45) is 4.99 Å². The molecule has 0 radical (unpaired) electrons. The predicted molar refractivity (Wildman–Crippen MR) is 88.8 cm³/mol. The first-order chi connectivity index (χ1) is 10.8. The number of likely N-dealkylation sites (N-methyl/N-ethyl adjacent to an activating group) is 1. The van der Waals surface area contributed by atoms with Crippen molar-refractivity contribution >= 4 is 23.0 Å². The third kappa shape index (κ3) is 2.90. The van der Waals surface area contributed by atoms with E-state index in [1.807, 2.05) is 36.0 Å². The lowest BCUT2D eigenvalue weighted by Crippen LogP contribution is -2.20. The van der Waals surface area contributed by atoms with Gasteiger partial charge in [0, 0.05) is 51.0 Å². The molecular formula is C16H18N6. The van der Waals surface area contributed by atoms with Crippen molar-refractivity contribution in [3.63, 3.8) is 0 Å². The van der Waals surface area contributed by atoms with Crippen LogP contribution in [0.5, 0.6) is 0 Å². The summed E-state index contributed by atoms with van der Waals surface area (Å²) in [6, 6.07) is 8.23. The van der Waals surface area contributed by atoms with Crippen molar-refractivity contribution in [3.05, 3.63) is 54.6 Å². The molecule has 0 saturated heterocycles. The molecule has 2 heterocycles. The van der Waals surface area contributed by atoms with Gasteiger partial charge in [0.25, 0.3) is 0 Å². The van der Waals surface area contributed by atoms with Gasteiger partial charge in [0.05, 0.1) is 0 Å². The van der Waals surface area contributed by atoms with Crippen LogP contribution in [0.3, 0.4) is 0 Å². The Kier molecular flexibility index (Phi) is 4.00. The highest BCUT2D eigenvalue weighted by Gasteiger charge is 2.04. The number of aromatic nitrogens is 3. The van der Waals surface area contributed by atoms with E-state index in [0.717, 1.165) is 29.4 Å². The van der Waals surface area contributed by atoms with Gasteiger partial charge in [-0.2, -0.15) is 0 Å². The molecule has 0 aliphatic heterocycles. The number of nitrogens with zero attached hydrogens (tertiary/aromatic N) is 4. The van der Waals surface area contributed by atoms with E-state index in [-0.39, 0.29) is 0 Å². The Balaban J connectivity index is 1.77. The van der Waals surface area contributed by atoms with Crippen LogP contribution in [0.2, 0.25) is 0 Å². The van der Waals surface area contributed by atoms with Crippen molar-refractivity contribution in [2.75, 3.05) is 19.4 Å². The molecule has 112 valence electrons. The van der Waals surface area contributed by atoms with Crippen molar-refractivity contribution in [3.8, 4) is 0 Å². The highest BCUT2D eigenvalue weighted by atomic mass is 15.1. The van der Waals surface area contributed by atoms with Gasteiger partial charge in [-0.25, -0.2) is 9.97 Å². The highest BCUT2D eigenvalue weighted by Crippen LogP contribution is 2.18. The van der Waals surface area contributed by atoms with Gasteiger partial charge in [0.1, 0.15) is 5.84 Å². The minimum Gasteiger partial charge on any atom is -0.377 e. The molecule has 6 nitrogen and oxygen atoms in total. The number of hydrogen-bond donors (Lipinski definition) is 2. The van der Waals surface area contributed by atoms with Crippen LogP contribution in [0.1, 0.15) is 5.56 Å². The summed E-state index contributed by atoms with van der Waals surface area (Å²) >= 11 is 0. The molecule has 0 amide bonds.